The van der Waals surface area contributed by atoms with Crippen LogP contribution >= 0.6 is 11.6 Å². The van der Waals surface area contributed by atoms with E-state index in [0.717, 1.165) is 36.4 Å². The molecule has 21 heavy (non-hydrogen) atoms. The molecule has 1 aromatic rings. The van der Waals surface area contributed by atoms with Gasteiger partial charge in [-0.15, -0.1) is 0 Å². The zero-order chi connectivity index (χ0) is 15.8. The summed E-state index contributed by atoms with van der Waals surface area (Å²) in [4.78, 5) is 6.35. The van der Waals surface area contributed by atoms with Gasteiger partial charge in [0, 0.05) is 46.2 Å². The van der Waals surface area contributed by atoms with E-state index in [1.807, 2.05) is 30.9 Å². The largest absolute Gasteiger partial charge is 0.379 e. The van der Waals surface area contributed by atoms with Crippen molar-refractivity contribution in [2.45, 2.75) is 20.4 Å². The van der Waals surface area contributed by atoms with Crippen molar-refractivity contribution in [3.63, 3.8) is 0 Å². The third kappa shape index (κ3) is 6.40. The number of nitrogens with zero attached hydrogens (tertiary/aromatic N) is 3. The average molecular weight is 315 g/mol. The van der Waals surface area contributed by atoms with E-state index < -0.39 is 0 Å². The van der Waals surface area contributed by atoms with Crippen molar-refractivity contribution < 1.29 is 4.74 Å². The molecule has 0 aromatic carbocycles. The number of ether oxygens (including phenoxy) is 1. The molecule has 0 saturated carbocycles. The number of nitrogens with one attached hydrogen (secondary N) is 1. The predicted octanol–water partition coefficient (Wildman–Crippen LogP) is 2.36. The lowest BCUT2D eigenvalue weighted by atomic mass is 10.2. The van der Waals surface area contributed by atoms with Crippen LogP contribution in [0, 0.1) is 5.92 Å². The van der Waals surface area contributed by atoms with E-state index in [4.69, 9.17) is 16.3 Å². The molecule has 1 aromatic heterocycles. The lowest BCUT2D eigenvalue weighted by Crippen LogP contribution is -2.40. The molecule has 0 saturated heterocycles. The Morgan fingerprint density at radius 1 is 1.52 bits per heavy atom. The first-order chi connectivity index (χ1) is 9.93. The summed E-state index contributed by atoms with van der Waals surface area (Å²) < 4.78 is 7.58. The zero-order valence-corrected chi connectivity index (χ0v) is 14.4. The quantitative estimate of drug-likeness (QED) is 0.477. The van der Waals surface area contributed by atoms with Gasteiger partial charge < -0.3 is 19.5 Å². The van der Waals surface area contributed by atoms with Gasteiger partial charge in [-0.1, -0.05) is 25.4 Å². The van der Waals surface area contributed by atoms with Crippen LogP contribution in [0.3, 0.4) is 0 Å². The summed E-state index contributed by atoms with van der Waals surface area (Å²) in [6, 6.07) is 1.97. The molecule has 0 aliphatic heterocycles. The Balaban J connectivity index is 2.39. The van der Waals surface area contributed by atoms with E-state index in [1.165, 1.54) is 0 Å². The van der Waals surface area contributed by atoms with Crippen molar-refractivity contribution in [1.29, 1.82) is 0 Å². The molecule has 0 fully saturated rings. The maximum Gasteiger partial charge on any atom is 0.193 e. The van der Waals surface area contributed by atoms with Crippen molar-refractivity contribution >= 4 is 17.6 Å². The summed E-state index contributed by atoms with van der Waals surface area (Å²) in [7, 11) is 5.78. The van der Waals surface area contributed by atoms with Crippen LogP contribution in [0.5, 0.6) is 0 Å². The second-order valence-electron chi connectivity index (χ2n) is 5.56. The van der Waals surface area contributed by atoms with Gasteiger partial charge in [0.15, 0.2) is 5.96 Å². The van der Waals surface area contributed by atoms with E-state index in [2.05, 4.69) is 29.1 Å². The Kier molecular flexibility index (Phi) is 7.61. The van der Waals surface area contributed by atoms with Gasteiger partial charge >= 0.3 is 0 Å². The Labute approximate surface area is 132 Å². The summed E-state index contributed by atoms with van der Waals surface area (Å²) >= 11 is 6.00. The number of halogens is 1. The van der Waals surface area contributed by atoms with E-state index in [-0.39, 0.29) is 0 Å². The molecular formula is C15H27ClN4O. The van der Waals surface area contributed by atoms with Crippen molar-refractivity contribution in [2.75, 3.05) is 33.9 Å². The Hall–Kier alpha value is -1.20. The number of hydrogen-bond donors (Lipinski definition) is 1. The van der Waals surface area contributed by atoms with Crippen molar-refractivity contribution in [3.8, 4) is 0 Å². The summed E-state index contributed by atoms with van der Waals surface area (Å²) in [6.45, 7) is 7.25. The highest BCUT2D eigenvalue weighted by molar-refractivity contribution is 6.30. The third-order valence-electron chi connectivity index (χ3n) is 3.03. The van der Waals surface area contributed by atoms with Crippen LogP contribution in [-0.2, 0) is 18.3 Å². The lowest BCUT2D eigenvalue weighted by molar-refractivity contribution is 0.114. The second kappa shape index (κ2) is 8.95. The summed E-state index contributed by atoms with van der Waals surface area (Å²) in [5.41, 5.74) is 1.14. The number of guanidine groups is 1. The number of aromatic nitrogens is 1. The van der Waals surface area contributed by atoms with Gasteiger partial charge in [0.05, 0.1) is 18.2 Å². The third-order valence-corrected chi connectivity index (χ3v) is 3.23. The molecule has 0 aliphatic rings. The Morgan fingerprint density at radius 3 is 2.76 bits per heavy atom. The smallest absolute Gasteiger partial charge is 0.193 e. The monoisotopic (exact) mass is 314 g/mol. The minimum Gasteiger partial charge on any atom is -0.379 e. The molecule has 5 nitrogen and oxygen atoms in total. The molecule has 0 bridgehead atoms. The van der Waals surface area contributed by atoms with Gasteiger partial charge in [-0.3, -0.25) is 4.99 Å². The van der Waals surface area contributed by atoms with Gasteiger partial charge in [0.1, 0.15) is 0 Å². The Bertz CT molecular complexity index is 457. The molecule has 0 spiro atoms. The molecule has 0 atom stereocenters. The SMILES string of the molecule is CN=C(NCCOCC(C)C)N(C)Cc1cc(Cl)cn1C. The van der Waals surface area contributed by atoms with Gasteiger partial charge in [-0.25, -0.2) is 0 Å². The second-order valence-corrected chi connectivity index (χ2v) is 6.00. The van der Waals surface area contributed by atoms with Crippen LogP contribution in [0.4, 0.5) is 0 Å². The average Bonchev–Trinajstić information content (AvgIpc) is 2.71. The number of aryl methyl sites for hydroxylation is 1. The normalized spacial score (nSPS) is 12.0. The molecule has 6 heteroatoms. The molecular weight excluding hydrogens is 288 g/mol. The van der Waals surface area contributed by atoms with Gasteiger partial charge in [-0.05, 0) is 12.0 Å². The van der Waals surface area contributed by atoms with Crippen LogP contribution in [-0.4, -0.2) is 49.3 Å². The van der Waals surface area contributed by atoms with Gasteiger partial charge in [-0.2, -0.15) is 0 Å². The number of rotatable bonds is 7. The predicted molar refractivity (Wildman–Crippen MR) is 88.9 cm³/mol. The summed E-state index contributed by atoms with van der Waals surface area (Å²) in [5.74, 6) is 1.41. The molecule has 0 aliphatic carbocycles. The maximum atomic E-state index is 6.00. The molecule has 120 valence electrons. The standard InChI is InChI=1S/C15H27ClN4O/c1-12(2)11-21-7-6-18-15(17-3)20(5)10-14-8-13(16)9-19(14)4/h8-9,12H,6-7,10-11H2,1-5H3,(H,17,18). The summed E-state index contributed by atoms with van der Waals surface area (Å²) in [5, 5.41) is 4.05. The van der Waals surface area contributed by atoms with Crippen LogP contribution in [0.25, 0.3) is 0 Å². The van der Waals surface area contributed by atoms with Crippen molar-refractivity contribution in [3.05, 3.63) is 23.0 Å². The fourth-order valence-electron chi connectivity index (χ4n) is 1.98. The van der Waals surface area contributed by atoms with Crippen LogP contribution in [0.15, 0.2) is 17.3 Å². The fraction of sp³-hybridized carbons (Fsp3) is 0.667. The molecule has 0 amide bonds. The van der Waals surface area contributed by atoms with E-state index >= 15 is 0 Å². The van der Waals surface area contributed by atoms with Crippen LogP contribution in [0.2, 0.25) is 5.02 Å². The highest BCUT2D eigenvalue weighted by Crippen LogP contribution is 2.14. The van der Waals surface area contributed by atoms with Crippen LogP contribution < -0.4 is 5.32 Å². The van der Waals surface area contributed by atoms with Crippen LogP contribution in [0.1, 0.15) is 19.5 Å². The minimum atomic E-state index is 0.564. The zero-order valence-electron chi connectivity index (χ0n) is 13.7. The van der Waals surface area contributed by atoms with Crippen molar-refractivity contribution in [1.82, 2.24) is 14.8 Å². The first-order valence-electron chi connectivity index (χ1n) is 7.24. The molecule has 0 radical (unpaired) electrons. The van der Waals surface area contributed by atoms with E-state index in [9.17, 15) is 0 Å². The first kappa shape index (κ1) is 17.9. The number of hydrogen-bond acceptors (Lipinski definition) is 2. The first-order valence-corrected chi connectivity index (χ1v) is 7.62. The molecule has 0 unspecified atom stereocenters. The van der Waals surface area contributed by atoms with E-state index in [1.54, 1.807) is 7.05 Å². The topological polar surface area (TPSA) is 41.8 Å². The molecule has 1 rings (SSSR count). The highest BCUT2D eigenvalue weighted by atomic mass is 35.5. The van der Waals surface area contributed by atoms with Crippen molar-refractivity contribution in [2.24, 2.45) is 18.0 Å². The van der Waals surface area contributed by atoms with Gasteiger partial charge in [0.2, 0.25) is 0 Å². The maximum absolute atomic E-state index is 6.00. The Morgan fingerprint density at radius 2 is 2.24 bits per heavy atom. The van der Waals surface area contributed by atoms with Gasteiger partial charge in [0.25, 0.3) is 0 Å². The summed E-state index contributed by atoms with van der Waals surface area (Å²) in [6.07, 6.45) is 1.90. The molecule has 1 heterocycles. The van der Waals surface area contributed by atoms with E-state index in [0.29, 0.717) is 12.5 Å². The molecule has 1 N–H and O–H groups in total. The minimum absolute atomic E-state index is 0.564. The number of aliphatic imine (C=N–C) groups is 1. The lowest BCUT2D eigenvalue weighted by Gasteiger charge is -2.22. The fourth-order valence-corrected chi connectivity index (χ4v) is 2.25. The highest BCUT2D eigenvalue weighted by Gasteiger charge is 2.09.